The van der Waals surface area contributed by atoms with Crippen molar-refractivity contribution < 1.29 is 33.7 Å². The minimum Gasteiger partial charge on any atom is -0.462 e. The number of carbonyl (C=O) groups excluding carboxylic acids is 3. The minimum absolute atomic E-state index is 0.149. The van der Waals surface area contributed by atoms with E-state index in [1.165, 1.54) is 0 Å². The highest BCUT2D eigenvalue weighted by atomic mass is 16.6. The summed E-state index contributed by atoms with van der Waals surface area (Å²) >= 11 is 0. The van der Waals surface area contributed by atoms with Gasteiger partial charge in [-0.25, -0.2) is 4.79 Å². The molecule has 1 aromatic carbocycles. The van der Waals surface area contributed by atoms with Crippen LogP contribution in [-0.2, 0) is 30.4 Å². The summed E-state index contributed by atoms with van der Waals surface area (Å²) in [5.41, 5.74) is 0.922. The van der Waals surface area contributed by atoms with E-state index < -0.39 is 30.7 Å². The van der Waals surface area contributed by atoms with Gasteiger partial charge >= 0.3 is 18.0 Å². The van der Waals surface area contributed by atoms with Gasteiger partial charge in [0.1, 0.15) is 13.2 Å². The molecule has 0 aliphatic heterocycles. The molecule has 0 saturated heterocycles. The number of carbonyl (C=O) groups is 3. The summed E-state index contributed by atoms with van der Waals surface area (Å²) in [6.45, 7) is 2.19. The van der Waals surface area contributed by atoms with Crippen molar-refractivity contribution in [1.82, 2.24) is 5.32 Å². The van der Waals surface area contributed by atoms with Gasteiger partial charge in [-0.05, 0) is 24.8 Å². The summed E-state index contributed by atoms with van der Waals surface area (Å²) in [5, 5.41) is 11.9. The zero-order chi connectivity index (χ0) is 22.7. The number of esters is 2. The topological polar surface area (TPSA) is 111 Å². The van der Waals surface area contributed by atoms with Crippen LogP contribution in [0.3, 0.4) is 0 Å². The minimum atomic E-state index is -0.829. The van der Waals surface area contributed by atoms with Crippen LogP contribution in [-0.4, -0.2) is 49.0 Å². The molecular formula is C23H35NO7. The molecule has 174 valence electrons. The molecule has 0 heterocycles. The smallest absolute Gasteiger partial charge is 0.407 e. The molecule has 0 aromatic heterocycles. The highest BCUT2D eigenvalue weighted by molar-refractivity contribution is 5.70. The molecule has 0 fully saturated rings. The van der Waals surface area contributed by atoms with Crippen molar-refractivity contribution in [3.63, 3.8) is 0 Å². The SMILES string of the molecule is CCCCCC(=O)O[C@@H](CO)COC(=O)CCCCCNC(=O)OCc1ccccc1. The number of unbranched alkanes of at least 4 members (excludes halogenated alkanes) is 4. The lowest BCUT2D eigenvalue weighted by atomic mass is 10.2. The molecule has 1 rings (SSSR count). The molecule has 0 aliphatic carbocycles. The van der Waals surface area contributed by atoms with Crippen LogP contribution in [0.1, 0.15) is 63.9 Å². The van der Waals surface area contributed by atoms with Gasteiger partial charge in [0.05, 0.1) is 6.61 Å². The third-order valence-corrected chi connectivity index (χ3v) is 4.46. The van der Waals surface area contributed by atoms with E-state index in [-0.39, 0.29) is 19.6 Å². The number of hydrogen-bond acceptors (Lipinski definition) is 7. The number of amides is 1. The second-order valence-electron chi connectivity index (χ2n) is 7.23. The van der Waals surface area contributed by atoms with E-state index in [2.05, 4.69) is 5.32 Å². The van der Waals surface area contributed by atoms with E-state index in [0.29, 0.717) is 25.8 Å². The number of alkyl carbamates (subject to hydrolysis) is 1. The quantitative estimate of drug-likeness (QED) is 0.231. The molecule has 1 amide bonds. The molecule has 1 aromatic rings. The van der Waals surface area contributed by atoms with E-state index in [4.69, 9.17) is 14.2 Å². The van der Waals surface area contributed by atoms with Crippen LogP contribution in [0, 0.1) is 0 Å². The molecule has 8 nitrogen and oxygen atoms in total. The van der Waals surface area contributed by atoms with Crippen molar-refractivity contribution in [2.24, 2.45) is 0 Å². The third kappa shape index (κ3) is 14.1. The summed E-state index contributed by atoms with van der Waals surface area (Å²) in [7, 11) is 0. The number of nitrogens with one attached hydrogen (secondary N) is 1. The Morgan fingerprint density at radius 2 is 1.65 bits per heavy atom. The lowest BCUT2D eigenvalue weighted by Crippen LogP contribution is -2.28. The van der Waals surface area contributed by atoms with Crippen LogP contribution in [0.25, 0.3) is 0 Å². The molecule has 0 aliphatic rings. The summed E-state index contributed by atoms with van der Waals surface area (Å²) in [5.74, 6) is -0.797. The first-order chi connectivity index (χ1) is 15.0. The molecule has 0 unspecified atom stereocenters. The van der Waals surface area contributed by atoms with Gasteiger partial charge < -0.3 is 24.6 Å². The first-order valence-electron chi connectivity index (χ1n) is 11.0. The fourth-order valence-corrected chi connectivity index (χ4v) is 2.68. The molecule has 8 heteroatoms. The maximum Gasteiger partial charge on any atom is 0.407 e. The van der Waals surface area contributed by atoms with Crippen LogP contribution < -0.4 is 5.32 Å². The number of hydrogen-bond donors (Lipinski definition) is 2. The summed E-state index contributed by atoms with van der Waals surface area (Å²) in [6.07, 6.45) is 3.97. The molecule has 0 spiro atoms. The Kier molecular flexibility index (Phi) is 14.6. The number of benzene rings is 1. The highest BCUT2D eigenvalue weighted by Crippen LogP contribution is 2.06. The Bertz CT molecular complexity index is 636. The van der Waals surface area contributed by atoms with Crippen LogP contribution in [0.15, 0.2) is 30.3 Å². The monoisotopic (exact) mass is 437 g/mol. The van der Waals surface area contributed by atoms with E-state index >= 15 is 0 Å². The second-order valence-corrected chi connectivity index (χ2v) is 7.23. The van der Waals surface area contributed by atoms with E-state index in [1.54, 1.807) is 0 Å². The zero-order valence-electron chi connectivity index (χ0n) is 18.3. The van der Waals surface area contributed by atoms with Crippen molar-refractivity contribution >= 4 is 18.0 Å². The van der Waals surface area contributed by atoms with Crippen molar-refractivity contribution in [1.29, 1.82) is 0 Å². The molecule has 0 radical (unpaired) electrons. The number of rotatable bonds is 16. The first kappa shape index (κ1) is 26.4. The van der Waals surface area contributed by atoms with E-state index in [0.717, 1.165) is 31.2 Å². The molecular weight excluding hydrogens is 402 g/mol. The van der Waals surface area contributed by atoms with Gasteiger partial charge in [-0.15, -0.1) is 0 Å². The van der Waals surface area contributed by atoms with E-state index in [9.17, 15) is 19.5 Å². The normalized spacial score (nSPS) is 11.4. The summed E-state index contributed by atoms with van der Waals surface area (Å²) in [6, 6.07) is 9.42. The van der Waals surface area contributed by atoms with Gasteiger partial charge in [0, 0.05) is 19.4 Å². The zero-order valence-corrected chi connectivity index (χ0v) is 18.3. The average Bonchev–Trinajstić information content (AvgIpc) is 2.78. The Hall–Kier alpha value is -2.61. The van der Waals surface area contributed by atoms with Crippen molar-refractivity contribution in [2.75, 3.05) is 19.8 Å². The predicted octanol–water partition coefficient (Wildman–Crippen LogP) is 3.50. The summed E-state index contributed by atoms with van der Waals surface area (Å²) in [4.78, 5) is 35.1. The van der Waals surface area contributed by atoms with Crippen molar-refractivity contribution in [3.8, 4) is 0 Å². The Morgan fingerprint density at radius 3 is 2.35 bits per heavy atom. The maximum absolute atomic E-state index is 11.8. The van der Waals surface area contributed by atoms with Gasteiger partial charge in [-0.3, -0.25) is 9.59 Å². The molecule has 2 N–H and O–H groups in total. The predicted molar refractivity (Wildman–Crippen MR) is 115 cm³/mol. The van der Waals surface area contributed by atoms with Crippen LogP contribution >= 0.6 is 0 Å². The standard InChI is InChI=1S/C23H35NO7/c1-2-3-6-14-22(27)31-20(16-25)18-29-21(26)13-9-5-10-15-24-23(28)30-17-19-11-7-4-8-12-19/h4,7-8,11-12,20,25H,2-3,5-6,9-10,13-18H2,1H3,(H,24,28)/t20-/m0/s1. The Balaban J connectivity index is 2.03. The van der Waals surface area contributed by atoms with Gasteiger partial charge in [0.15, 0.2) is 6.10 Å². The van der Waals surface area contributed by atoms with Crippen LogP contribution in [0.4, 0.5) is 4.79 Å². The highest BCUT2D eigenvalue weighted by Gasteiger charge is 2.16. The maximum atomic E-state index is 11.8. The van der Waals surface area contributed by atoms with Crippen LogP contribution in [0.5, 0.6) is 0 Å². The Labute approximate surface area is 184 Å². The van der Waals surface area contributed by atoms with Crippen LogP contribution in [0.2, 0.25) is 0 Å². The molecule has 1 atom stereocenters. The largest absolute Gasteiger partial charge is 0.462 e. The molecule has 0 saturated carbocycles. The van der Waals surface area contributed by atoms with Gasteiger partial charge in [-0.1, -0.05) is 56.5 Å². The fraction of sp³-hybridized carbons (Fsp3) is 0.609. The van der Waals surface area contributed by atoms with Crippen molar-refractivity contribution in [2.45, 2.75) is 71.0 Å². The van der Waals surface area contributed by atoms with Gasteiger partial charge in [0.25, 0.3) is 0 Å². The fourth-order valence-electron chi connectivity index (χ4n) is 2.68. The van der Waals surface area contributed by atoms with E-state index in [1.807, 2.05) is 37.3 Å². The van der Waals surface area contributed by atoms with Crippen molar-refractivity contribution in [3.05, 3.63) is 35.9 Å². The number of aliphatic hydroxyl groups is 1. The van der Waals surface area contributed by atoms with Gasteiger partial charge in [-0.2, -0.15) is 0 Å². The third-order valence-electron chi connectivity index (χ3n) is 4.46. The van der Waals surface area contributed by atoms with Gasteiger partial charge in [0.2, 0.25) is 0 Å². The lowest BCUT2D eigenvalue weighted by molar-refractivity contribution is -0.161. The average molecular weight is 438 g/mol. The lowest BCUT2D eigenvalue weighted by Gasteiger charge is -2.15. The number of ether oxygens (including phenoxy) is 3. The molecule has 31 heavy (non-hydrogen) atoms. The summed E-state index contributed by atoms with van der Waals surface area (Å²) < 4.78 is 15.3. The number of aliphatic hydroxyl groups excluding tert-OH is 1. The molecule has 0 bridgehead atoms. The first-order valence-corrected chi connectivity index (χ1v) is 11.0. The Morgan fingerprint density at radius 1 is 0.935 bits per heavy atom. The second kappa shape index (κ2) is 17.1.